The number of anilines is 1. The highest BCUT2D eigenvalue weighted by molar-refractivity contribution is 5.97. The van der Waals surface area contributed by atoms with Gasteiger partial charge in [0.25, 0.3) is 5.91 Å². The van der Waals surface area contributed by atoms with Crippen molar-refractivity contribution in [2.75, 3.05) is 38.7 Å². The summed E-state index contributed by atoms with van der Waals surface area (Å²) in [6.45, 7) is 5.79. The summed E-state index contributed by atoms with van der Waals surface area (Å²) >= 11 is 0. The van der Waals surface area contributed by atoms with Gasteiger partial charge in [-0.3, -0.25) is 4.79 Å². The predicted octanol–water partition coefficient (Wildman–Crippen LogP) is 2.81. The van der Waals surface area contributed by atoms with Crippen LogP contribution < -0.4 is 4.90 Å². The maximum atomic E-state index is 13.3. The zero-order chi connectivity index (χ0) is 22.5. The summed E-state index contributed by atoms with van der Waals surface area (Å²) in [4.78, 5) is 35.6. The number of carbonyl (C=O) groups excluding carboxylic acids is 1. The summed E-state index contributed by atoms with van der Waals surface area (Å²) in [6.07, 6.45) is 4.20. The molecule has 2 aliphatic heterocycles. The van der Waals surface area contributed by atoms with Crippen molar-refractivity contribution >= 4 is 22.9 Å². The fourth-order valence-electron chi connectivity index (χ4n) is 4.61. The van der Waals surface area contributed by atoms with Crippen molar-refractivity contribution < 1.29 is 9.53 Å². The number of carbonyl (C=O) groups is 1. The first-order valence-electron chi connectivity index (χ1n) is 11.1. The minimum absolute atomic E-state index is 0.0227. The van der Waals surface area contributed by atoms with Gasteiger partial charge >= 0.3 is 0 Å². The molecule has 0 unspecified atom stereocenters. The molecule has 1 amide bonds. The van der Waals surface area contributed by atoms with E-state index in [-0.39, 0.29) is 5.91 Å². The van der Waals surface area contributed by atoms with E-state index in [4.69, 9.17) is 9.72 Å². The minimum Gasteiger partial charge on any atom is -0.368 e. The summed E-state index contributed by atoms with van der Waals surface area (Å²) in [7, 11) is 3.88. The molecular weight excluding hydrogens is 404 g/mol. The first-order valence-corrected chi connectivity index (χ1v) is 11.1. The lowest BCUT2D eigenvalue weighted by Gasteiger charge is -2.44. The van der Waals surface area contributed by atoms with Crippen LogP contribution in [-0.4, -0.2) is 64.5 Å². The van der Waals surface area contributed by atoms with Gasteiger partial charge in [-0.2, -0.15) is 0 Å². The average Bonchev–Trinajstić information content (AvgIpc) is 2.79. The molecule has 0 N–H and O–H groups in total. The predicted molar refractivity (Wildman–Crippen MR) is 122 cm³/mol. The number of hydrogen-bond donors (Lipinski definition) is 0. The van der Waals surface area contributed by atoms with E-state index in [1.165, 1.54) is 0 Å². The highest BCUT2D eigenvalue weighted by Gasteiger charge is 2.43. The third kappa shape index (κ3) is 3.48. The number of hydrogen-bond acceptors (Lipinski definition) is 7. The number of amides is 1. The molecule has 4 heterocycles. The molecule has 2 aliphatic rings. The Hall–Kier alpha value is -3.13. The zero-order valence-electron chi connectivity index (χ0n) is 19.1. The van der Waals surface area contributed by atoms with Crippen LogP contribution in [0.3, 0.4) is 0 Å². The average molecular weight is 433 g/mol. The molecule has 0 bridgehead atoms. The van der Waals surface area contributed by atoms with E-state index in [0.29, 0.717) is 31.2 Å². The maximum Gasteiger partial charge on any atom is 0.253 e. The highest BCUT2D eigenvalue weighted by Crippen LogP contribution is 2.41. The molecule has 3 aromatic rings. The number of ether oxygens (including phenoxy) is 1. The number of likely N-dealkylation sites (tertiary alicyclic amines) is 1. The number of nitrogens with zero attached hydrogens (tertiary/aromatic N) is 6. The molecule has 0 aliphatic carbocycles. The third-order valence-corrected chi connectivity index (χ3v) is 6.61. The van der Waals surface area contributed by atoms with Crippen LogP contribution in [0.5, 0.6) is 0 Å². The summed E-state index contributed by atoms with van der Waals surface area (Å²) in [5.41, 5.74) is 5.70. The van der Waals surface area contributed by atoms with Gasteiger partial charge in [0.2, 0.25) is 5.95 Å². The lowest BCUT2D eigenvalue weighted by atomic mass is 9.83. The third-order valence-electron chi connectivity index (χ3n) is 6.61. The molecule has 2 aromatic heterocycles. The highest BCUT2D eigenvalue weighted by atomic mass is 16.5. The van der Waals surface area contributed by atoms with Crippen molar-refractivity contribution in [3.8, 4) is 0 Å². The van der Waals surface area contributed by atoms with Crippen LogP contribution in [0.2, 0.25) is 0 Å². The largest absolute Gasteiger partial charge is 0.368 e. The van der Waals surface area contributed by atoms with Crippen molar-refractivity contribution in [2.45, 2.75) is 38.7 Å². The number of aromatic nitrogens is 4. The number of rotatable bonds is 2. The van der Waals surface area contributed by atoms with Crippen molar-refractivity contribution in [1.82, 2.24) is 24.8 Å². The molecule has 5 rings (SSSR count). The maximum absolute atomic E-state index is 13.3. The Morgan fingerprint density at radius 1 is 1.06 bits per heavy atom. The number of fused-ring (bicyclic) bond motifs is 3. The Morgan fingerprint density at radius 3 is 2.50 bits per heavy atom. The molecule has 1 saturated heterocycles. The van der Waals surface area contributed by atoms with Gasteiger partial charge in [0.15, 0.2) is 0 Å². The molecule has 1 fully saturated rings. The second-order valence-electron chi connectivity index (χ2n) is 8.92. The van der Waals surface area contributed by atoms with Crippen LogP contribution in [0.25, 0.3) is 11.0 Å². The molecule has 1 aromatic carbocycles. The molecule has 1 spiro atoms. The lowest BCUT2D eigenvalue weighted by molar-refractivity contribution is -0.0967. The number of benzene rings is 1. The van der Waals surface area contributed by atoms with Gasteiger partial charge in [0.1, 0.15) is 5.60 Å². The zero-order valence-corrected chi connectivity index (χ0v) is 19.1. The molecule has 8 heteroatoms. The molecule has 8 nitrogen and oxygen atoms in total. The first-order chi connectivity index (χ1) is 15.4. The van der Waals surface area contributed by atoms with Crippen molar-refractivity contribution in [3.05, 3.63) is 52.6 Å². The summed E-state index contributed by atoms with van der Waals surface area (Å²) < 4.78 is 6.32. The molecule has 0 radical (unpaired) electrons. The summed E-state index contributed by atoms with van der Waals surface area (Å²) in [5.74, 6) is 0.712. The van der Waals surface area contributed by atoms with E-state index >= 15 is 0 Å². The van der Waals surface area contributed by atoms with E-state index in [9.17, 15) is 4.79 Å². The Morgan fingerprint density at radius 2 is 1.78 bits per heavy atom. The Bertz CT molecular complexity index is 1200. The van der Waals surface area contributed by atoms with E-state index in [2.05, 4.69) is 15.0 Å². The Labute approximate surface area is 187 Å². The molecule has 0 saturated carbocycles. The quantitative estimate of drug-likeness (QED) is 0.616. The smallest absolute Gasteiger partial charge is 0.253 e. The van der Waals surface area contributed by atoms with E-state index in [1.807, 2.05) is 62.1 Å². The summed E-state index contributed by atoms with van der Waals surface area (Å²) in [5, 5.41) is 0. The molecule has 32 heavy (non-hydrogen) atoms. The fourth-order valence-corrected chi connectivity index (χ4v) is 4.61. The van der Waals surface area contributed by atoms with Crippen molar-refractivity contribution in [1.29, 1.82) is 0 Å². The van der Waals surface area contributed by atoms with Crippen LogP contribution in [-0.2, 0) is 16.8 Å². The number of aryl methyl sites for hydroxylation is 2. The second-order valence-corrected chi connectivity index (χ2v) is 8.92. The normalized spacial score (nSPS) is 17.4. The minimum atomic E-state index is -0.443. The molecule has 0 atom stereocenters. The van der Waals surface area contributed by atoms with E-state index in [1.54, 1.807) is 0 Å². The molecular formula is C24H28N6O2. The van der Waals surface area contributed by atoms with Crippen LogP contribution in [0.1, 0.15) is 45.8 Å². The first kappa shape index (κ1) is 20.8. The van der Waals surface area contributed by atoms with E-state index in [0.717, 1.165) is 52.9 Å². The van der Waals surface area contributed by atoms with Crippen molar-refractivity contribution in [2.24, 2.45) is 0 Å². The topological polar surface area (TPSA) is 84.3 Å². The van der Waals surface area contributed by atoms with E-state index < -0.39 is 5.60 Å². The van der Waals surface area contributed by atoms with Gasteiger partial charge in [-0.15, -0.1) is 0 Å². The molecule has 166 valence electrons. The second kappa shape index (κ2) is 7.78. The SMILES string of the molecule is Cc1nc2ccc(C(=O)N3CCC4(CC3)OCCc3cnc(N(C)C)nc34)cc2nc1C. The standard InChI is InChI=1S/C24H28N6O2/c1-15-16(2)27-20-13-17(5-6-19(20)26-15)22(31)30-10-8-24(9-11-30)21-18(7-12-32-24)14-25-23(28-21)29(3)4/h5-6,13-14H,7-12H2,1-4H3. The number of piperidine rings is 1. The monoisotopic (exact) mass is 432 g/mol. The van der Waals surface area contributed by atoms with Gasteiger partial charge in [-0.05, 0) is 56.9 Å². The van der Waals surface area contributed by atoms with Gasteiger partial charge < -0.3 is 14.5 Å². The van der Waals surface area contributed by atoms with Gasteiger partial charge in [0, 0.05) is 38.9 Å². The fraction of sp³-hybridized carbons (Fsp3) is 0.458. The Balaban J connectivity index is 1.37. The Kier molecular flexibility index (Phi) is 5.04. The van der Waals surface area contributed by atoms with Gasteiger partial charge in [0.05, 0.1) is 34.7 Å². The van der Waals surface area contributed by atoms with Crippen LogP contribution in [0, 0.1) is 13.8 Å². The van der Waals surface area contributed by atoms with Crippen LogP contribution >= 0.6 is 0 Å². The van der Waals surface area contributed by atoms with Crippen molar-refractivity contribution in [3.63, 3.8) is 0 Å². The lowest BCUT2D eigenvalue weighted by Crippen LogP contribution is -2.49. The van der Waals surface area contributed by atoms with Gasteiger partial charge in [-0.1, -0.05) is 0 Å². The van der Waals surface area contributed by atoms with Crippen LogP contribution in [0.15, 0.2) is 24.4 Å². The summed E-state index contributed by atoms with van der Waals surface area (Å²) in [6, 6.07) is 5.58. The van der Waals surface area contributed by atoms with Gasteiger partial charge in [-0.25, -0.2) is 19.9 Å². The van der Waals surface area contributed by atoms with Crippen LogP contribution in [0.4, 0.5) is 5.95 Å².